The van der Waals surface area contributed by atoms with E-state index in [1.807, 2.05) is 32.0 Å². The van der Waals surface area contributed by atoms with Crippen molar-refractivity contribution in [1.82, 2.24) is 10.2 Å². The fourth-order valence-electron chi connectivity index (χ4n) is 2.85. The Morgan fingerprint density at radius 2 is 2.08 bits per heavy atom. The Morgan fingerprint density at radius 3 is 2.75 bits per heavy atom. The first-order valence-electron chi connectivity index (χ1n) is 7.37. The molecule has 1 aliphatic rings. The van der Waals surface area contributed by atoms with Gasteiger partial charge in [-0.3, -0.25) is 9.69 Å². The van der Waals surface area contributed by atoms with E-state index in [-0.39, 0.29) is 30.8 Å². The van der Waals surface area contributed by atoms with Crippen LogP contribution in [0.2, 0.25) is 0 Å². The summed E-state index contributed by atoms with van der Waals surface area (Å²) in [5, 5.41) is 7.82. The lowest BCUT2D eigenvalue weighted by Crippen LogP contribution is -2.25. The molecule has 24 heavy (non-hydrogen) atoms. The van der Waals surface area contributed by atoms with Crippen LogP contribution in [0.4, 0.5) is 9.90 Å². The predicted molar refractivity (Wildman–Crippen MR) is 84.6 cm³/mol. The quantitative estimate of drug-likeness (QED) is 0.781. The van der Waals surface area contributed by atoms with Gasteiger partial charge >= 0.3 is 16.2 Å². The predicted octanol–water partition coefficient (Wildman–Crippen LogP) is 2.01. The van der Waals surface area contributed by atoms with Crippen LogP contribution in [-0.4, -0.2) is 36.8 Å². The zero-order valence-electron chi connectivity index (χ0n) is 13.2. The molecule has 1 aromatic heterocycles. The average molecular weight is 353 g/mol. The molecule has 2 aromatic rings. The summed E-state index contributed by atoms with van der Waals surface area (Å²) in [6.45, 7) is 3.92. The highest BCUT2D eigenvalue weighted by atomic mass is 32.3. The third-order valence-electron chi connectivity index (χ3n) is 3.90. The van der Waals surface area contributed by atoms with E-state index >= 15 is 0 Å². The minimum absolute atomic E-state index is 0.00580. The monoisotopic (exact) mass is 353 g/mol. The molecule has 0 aliphatic carbocycles. The van der Waals surface area contributed by atoms with Crippen LogP contribution in [0.1, 0.15) is 17.5 Å². The lowest BCUT2D eigenvalue weighted by molar-refractivity contribution is -0.117. The van der Waals surface area contributed by atoms with E-state index in [0.717, 1.165) is 16.7 Å². The van der Waals surface area contributed by atoms with Crippen molar-refractivity contribution < 1.29 is 21.5 Å². The van der Waals surface area contributed by atoms with Gasteiger partial charge in [0.2, 0.25) is 11.8 Å². The molecule has 9 heteroatoms. The van der Waals surface area contributed by atoms with Gasteiger partial charge in [-0.1, -0.05) is 22.8 Å². The van der Waals surface area contributed by atoms with Crippen molar-refractivity contribution in [2.24, 2.45) is 5.92 Å². The van der Waals surface area contributed by atoms with Crippen LogP contribution in [0.25, 0.3) is 11.5 Å². The lowest BCUT2D eigenvalue weighted by atomic mass is 10.1. The number of benzene rings is 1. The van der Waals surface area contributed by atoms with Crippen molar-refractivity contribution in [1.29, 1.82) is 0 Å². The van der Waals surface area contributed by atoms with Gasteiger partial charge in [0.25, 0.3) is 0 Å². The number of rotatable bonds is 4. The first kappa shape index (κ1) is 16.6. The van der Waals surface area contributed by atoms with Crippen molar-refractivity contribution in [2.45, 2.75) is 20.3 Å². The Bertz CT molecular complexity index is 894. The van der Waals surface area contributed by atoms with Gasteiger partial charge in [-0.05, 0) is 25.5 Å². The van der Waals surface area contributed by atoms with Gasteiger partial charge in [-0.25, -0.2) is 0 Å². The van der Waals surface area contributed by atoms with Crippen LogP contribution in [-0.2, 0) is 15.0 Å². The van der Waals surface area contributed by atoms with E-state index in [1.165, 1.54) is 4.90 Å². The van der Waals surface area contributed by atoms with Gasteiger partial charge in [0.05, 0.1) is 5.75 Å². The van der Waals surface area contributed by atoms with Crippen molar-refractivity contribution in [3.8, 4) is 11.5 Å². The molecule has 1 fully saturated rings. The molecule has 128 valence electrons. The molecule has 1 unspecified atom stereocenters. The summed E-state index contributed by atoms with van der Waals surface area (Å²) in [6.07, 6.45) is -0.0651. The van der Waals surface area contributed by atoms with Gasteiger partial charge in [0.1, 0.15) is 0 Å². The highest BCUT2D eigenvalue weighted by Gasteiger charge is 2.36. The number of halogens is 1. The summed E-state index contributed by atoms with van der Waals surface area (Å²) >= 11 is 0. The Morgan fingerprint density at radius 1 is 1.33 bits per heavy atom. The maximum Gasteiger partial charge on any atom is 0.325 e. The van der Waals surface area contributed by atoms with Gasteiger partial charge in [-0.2, -0.15) is 8.42 Å². The smallest absolute Gasteiger partial charge is 0.325 e. The number of aromatic nitrogens is 2. The largest absolute Gasteiger partial charge is 0.403 e. The van der Waals surface area contributed by atoms with Crippen LogP contribution >= 0.6 is 0 Å². The van der Waals surface area contributed by atoms with Gasteiger partial charge < -0.3 is 4.42 Å². The van der Waals surface area contributed by atoms with Crippen LogP contribution in [0.5, 0.6) is 0 Å². The van der Waals surface area contributed by atoms with Crippen molar-refractivity contribution in [2.75, 3.05) is 17.2 Å². The normalized spacial score (nSPS) is 18.4. The number of amides is 1. The standard InChI is InChI=1S/C15H16FN3O4S/c1-9-3-4-12(10(2)5-9)14-17-18-15(23-14)19-7-11(6-13(19)20)8-24(16,21)22/h3-5,11H,6-8H2,1-2H3. The van der Waals surface area contributed by atoms with E-state index in [4.69, 9.17) is 4.42 Å². The molecule has 1 atom stereocenters. The van der Waals surface area contributed by atoms with E-state index < -0.39 is 21.9 Å². The highest BCUT2D eigenvalue weighted by molar-refractivity contribution is 7.86. The Balaban J connectivity index is 1.82. The molecule has 1 aliphatic heterocycles. The molecule has 7 nitrogen and oxygen atoms in total. The van der Waals surface area contributed by atoms with Gasteiger partial charge in [0.15, 0.2) is 0 Å². The van der Waals surface area contributed by atoms with E-state index in [1.54, 1.807) is 0 Å². The van der Waals surface area contributed by atoms with Crippen molar-refractivity contribution in [3.63, 3.8) is 0 Å². The molecule has 0 spiro atoms. The fourth-order valence-corrected chi connectivity index (χ4v) is 3.63. The second-order valence-corrected chi connectivity index (χ2v) is 7.40. The van der Waals surface area contributed by atoms with Crippen LogP contribution in [0.3, 0.4) is 0 Å². The molecule has 3 rings (SSSR count). The highest BCUT2D eigenvalue weighted by Crippen LogP contribution is 2.29. The molecule has 1 aromatic carbocycles. The van der Waals surface area contributed by atoms with Crippen molar-refractivity contribution >= 4 is 22.1 Å². The summed E-state index contributed by atoms with van der Waals surface area (Å²) in [7, 11) is -4.63. The second-order valence-electron chi connectivity index (χ2n) is 5.99. The topological polar surface area (TPSA) is 93.4 Å². The molecule has 2 heterocycles. The number of hydrogen-bond donors (Lipinski definition) is 0. The summed E-state index contributed by atoms with van der Waals surface area (Å²) in [4.78, 5) is 13.2. The molecule has 0 N–H and O–H groups in total. The maximum absolute atomic E-state index is 12.8. The third kappa shape index (κ3) is 3.45. The average Bonchev–Trinajstić information content (AvgIpc) is 3.03. The molecule has 1 saturated heterocycles. The number of carbonyl (C=O) groups is 1. The molecule has 1 amide bonds. The Kier molecular flexibility index (Phi) is 4.12. The van der Waals surface area contributed by atoms with Crippen molar-refractivity contribution in [3.05, 3.63) is 29.3 Å². The first-order valence-corrected chi connectivity index (χ1v) is 8.92. The maximum atomic E-state index is 12.8. The molecule has 0 radical (unpaired) electrons. The molecule has 0 saturated carbocycles. The number of anilines is 1. The molecular weight excluding hydrogens is 337 g/mol. The number of carbonyl (C=O) groups excluding carboxylic acids is 1. The SMILES string of the molecule is Cc1ccc(-c2nnc(N3CC(CS(=O)(=O)F)CC3=O)o2)c(C)c1. The number of hydrogen-bond acceptors (Lipinski definition) is 6. The summed E-state index contributed by atoms with van der Waals surface area (Å²) in [5.41, 5.74) is 2.81. The Labute approximate surface area is 138 Å². The third-order valence-corrected chi connectivity index (χ3v) is 4.77. The number of aryl methyl sites for hydroxylation is 2. The molecular formula is C15H16FN3O4S. The van der Waals surface area contributed by atoms with Crippen LogP contribution in [0.15, 0.2) is 22.6 Å². The summed E-state index contributed by atoms with van der Waals surface area (Å²) in [6, 6.07) is 5.73. The van der Waals surface area contributed by atoms with E-state index in [9.17, 15) is 17.1 Å². The second kappa shape index (κ2) is 5.97. The van der Waals surface area contributed by atoms with E-state index in [2.05, 4.69) is 10.2 Å². The zero-order valence-corrected chi connectivity index (χ0v) is 14.0. The summed E-state index contributed by atoms with van der Waals surface area (Å²) in [5.74, 6) is -1.40. The lowest BCUT2D eigenvalue weighted by Gasteiger charge is -2.10. The first-order chi connectivity index (χ1) is 11.2. The van der Waals surface area contributed by atoms with Crippen LogP contribution < -0.4 is 4.90 Å². The van der Waals surface area contributed by atoms with E-state index in [0.29, 0.717) is 0 Å². The van der Waals surface area contributed by atoms with Gasteiger partial charge in [-0.15, -0.1) is 8.98 Å². The molecule has 0 bridgehead atoms. The number of nitrogens with zero attached hydrogens (tertiary/aromatic N) is 3. The summed E-state index contributed by atoms with van der Waals surface area (Å²) < 4.78 is 39.8. The zero-order chi connectivity index (χ0) is 17.5. The fraction of sp³-hybridized carbons (Fsp3) is 0.400. The van der Waals surface area contributed by atoms with Gasteiger partial charge in [0, 0.05) is 24.4 Å². The Hall–Kier alpha value is -2.29. The minimum Gasteiger partial charge on any atom is -0.403 e. The minimum atomic E-state index is -4.63. The van der Waals surface area contributed by atoms with Crippen LogP contribution in [0, 0.1) is 19.8 Å².